The quantitative estimate of drug-likeness (QED) is 0.0472. The number of unbranched alkanes of at least 4 members (excludes halogenated alkanes) is 6. The van der Waals surface area contributed by atoms with Crippen molar-refractivity contribution < 1.29 is 24.3 Å². The Morgan fingerprint density at radius 2 is 0.978 bits per heavy atom. The van der Waals surface area contributed by atoms with Crippen LogP contribution in [0.4, 0.5) is 0 Å². The van der Waals surface area contributed by atoms with Gasteiger partial charge in [0.15, 0.2) is 0 Å². The average Bonchev–Trinajstić information content (AvgIpc) is 3.07. The number of aliphatic hydroxyl groups excluding tert-OH is 1. The molecule has 2 aliphatic heterocycles. The molecule has 0 unspecified atom stereocenters. The predicted octanol–water partition coefficient (Wildman–Crippen LogP) is 8.59. The summed E-state index contributed by atoms with van der Waals surface area (Å²) in [5, 5.41) is 16.2. The van der Waals surface area contributed by atoms with E-state index in [1.807, 2.05) is 36.4 Å². The normalized spacial score (nSPS) is 14.9. The number of amides is 2. The first-order valence-electron chi connectivity index (χ1n) is 17.2. The lowest BCUT2D eigenvalue weighted by Crippen LogP contribution is -2.43. The molecule has 0 saturated carbocycles. The third-order valence-corrected chi connectivity index (χ3v) is 10.6. The van der Waals surface area contributed by atoms with Crippen LogP contribution in [0.1, 0.15) is 119 Å². The molecule has 0 radical (unpaired) electrons. The van der Waals surface area contributed by atoms with Gasteiger partial charge in [0, 0.05) is 33.0 Å². The molecule has 0 fully saturated rings. The average molecular weight is 614 g/mol. The van der Waals surface area contributed by atoms with Gasteiger partial charge in [-0.1, -0.05) is 114 Å². The Morgan fingerprint density at radius 3 is 1.39 bits per heavy atom. The summed E-state index contributed by atoms with van der Waals surface area (Å²) in [6.07, 6.45) is 10.8. The third kappa shape index (κ3) is 4.57. The van der Waals surface area contributed by atoms with Gasteiger partial charge >= 0.3 is 6.71 Å². The van der Waals surface area contributed by atoms with E-state index < -0.39 is 18.5 Å². The molecule has 0 aliphatic carbocycles. The number of carbonyl (C=O) groups is 4. The number of hydrogen-bond acceptors (Lipinski definition) is 5. The molecule has 0 saturated heterocycles. The fourth-order valence-corrected chi connectivity index (χ4v) is 8.37. The first-order chi connectivity index (χ1) is 22.4. The molecule has 0 aromatic heterocycles. The second-order valence-corrected chi connectivity index (χ2v) is 13.3. The molecule has 7 rings (SSSR count). The lowest BCUT2D eigenvalue weighted by Gasteiger charge is -2.30. The van der Waals surface area contributed by atoms with E-state index in [0.29, 0.717) is 27.6 Å². The van der Waals surface area contributed by atoms with Crippen LogP contribution < -0.4 is 0 Å². The SMILES string of the molecule is CCCCCCC(CCCCCC)B1C(=O)c2ccc3c4ccc5c6c(ccc(c7ccc(c2c37)C1=O)c64)C(=O)N(CCO)C5=O. The molecule has 2 heterocycles. The molecule has 2 aliphatic rings. The second-order valence-electron chi connectivity index (χ2n) is 13.3. The van der Waals surface area contributed by atoms with Crippen LogP contribution in [0.3, 0.4) is 0 Å². The van der Waals surface area contributed by atoms with E-state index in [9.17, 15) is 24.3 Å². The number of aliphatic hydroxyl groups is 1. The van der Waals surface area contributed by atoms with Crippen LogP contribution in [0.25, 0.3) is 43.1 Å². The van der Waals surface area contributed by atoms with E-state index in [4.69, 9.17) is 0 Å². The molecule has 5 aromatic carbocycles. The minimum atomic E-state index is -0.642. The van der Waals surface area contributed by atoms with Gasteiger partial charge < -0.3 is 14.7 Å². The zero-order valence-electron chi connectivity index (χ0n) is 26.8. The number of rotatable bonds is 13. The molecule has 2 amide bonds. The Labute approximate surface area is 269 Å². The van der Waals surface area contributed by atoms with Crippen LogP contribution >= 0.6 is 0 Å². The number of nitrogens with zero attached hydrogens (tertiary/aromatic N) is 1. The van der Waals surface area contributed by atoms with Gasteiger partial charge in [0.2, 0.25) is 0 Å². The van der Waals surface area contributed by atoms with E-state index in [1.54, 1.807) is 12.1 Å². The predicted molar refractivity (Wildman–Crippen MR) is 186 cm³/mol. The molecular formula is C39H40BNO5. The first-order valence-corrected chi connectivity index (χ1v) is 17.2. The molecule has 1 N–H and O–H groups in total. The zero-order chi connectivity index (χ0) is 32.1. The number of imide groups is 1. The number of hydrogen-bond donors (Lipinski definition) is 1. The largest absolute Gasteiger partial charge is 0.395 e. The highest BCUT2D eigenvalue weighted by molar-refractivity contribution is 7.16. The van der Waals surface area contributed by atoms with Crippen molar-refractivity contribution in [2.24, 2.45) is 0 Å². The Bertz CT molecular complexity index is 1920. The van der Waals surface area contributed by atoms with Crippen LogP contribution in [0.2, 0.25) is 5.82 Å². The van der Waals surface area contributed by atoms with Crippen molar-refractivity contribution in [3.63, 3.8) is 0 Å². The summed E-state index contributed by atoms with van der Waals surface area (Å²) in [6, 6.07) is 15.1. The summed E-state index contributed by atoms with van der Waals surface area (Å²) in [5.74, 6) is -0.776. The first kappa shape index (κ1) is 30.6. The van der Waals surface area contributed by atoms with Gasteiger partial charge in [-0.3, -0.25) is 14.5 Å². The maximum Gasteiger partial charge on any atom is 0.318 e. The minimum absolute atomic E-state index is 0.0431. The number of benzene rings is 5. The van der Waals surface area contributed by atoms with Crippen molar-refractivity contribution in [1.29, 1.82) is 0 Å². The molecule has 5 aromatic rings. The Hall–Kier alpha value is -4.10. The highest BCUT2D eigenvalue weighted by atomic mass is 16.3. The topological polar surface area (TPSA) is 91.8 Å². The van der Waals surface area contributed by atoms with Crippen molar-refractivity contribution in [2.75, 3.05) is 13.2 Å². The summed E-state index contributed by atoms with van der Waals surface area (Å²) in [5.41, 5.74) is 2.05. The molecule has 0 bridgehead atoms. The van der Waals surface area contributed by atoms with Gasteiger partial charge in [0.1, 0.15) is 11.4 Å². The van der Waals surface area contributed by atoms with Crippen molar-refractivity contribution in [1.82, 2.24) is 4.90 Å². The van der Waals surface area contributed by atoms with Crippen molar-refractivity contribution in [3.8, 4) is 0 Å². The van der Waals surface area contributed by atoms with Gasteiger partial charge in [-0.2, -0.15) is 0 Å². The summed E-state index contributed by atoms with van der Waals surface area (Å²) in [6.45, 7) is 3.39. The summed E-state index contributed by atoms with van der Waals surface area (Å²) >= 11 is 0. The van der Waals surface area contributed by atoms with Crippen molar-refractivity contribution >= 4 is 73.0 Å². The van der Waals surface area contributed by atoms with Crippen LogP contribution in [-0.2, 0) is 0 Å². The Balaban J connectivity index is 1.38. The van der Waals surface area contributed by atoms with Crippen LogP contribution in [-0.4, -0.2) is 53.1 Å². The van der Waals surface area contributed by atoms with E-state index in [2.05, 4.69) is 13.8 Å². The van der Waals surface area contributed by atoms with E-state index in [0.717, 1.165) is 94.0 Å². The monoisotopic (exact) mass is 613 g/mol. The van der Waals surface area contributed by atoms with Crippen molar-refractivity contribution in [3.05, 3.63) is 70.8 Å². The summed E-state index contributed by atoms with van der Waals surface area (Å²) < 4.78 is 0. The smallest absolute Gasteiger partial charge is 0.318 e. The van der Waals surface area contributed by atoms with Crippen molar-refractivity contribution in [2.45, 2.75) is 83.9 Å². The highest BCUT2D eigenvalue weighted by Gasteiger charge is 2.45. The molecule has 46 heavy (non-hydrogen) atoms. The van der Waals surface area contributed by atoms with Gasteiger partial charge in [-0.05, 0) is 50.3 Å². The van der Waals surface area contributed by atoms with Gasteiger partial charge in [-0.15, -0.1) is 0 Å². The molecule has 234 valence electrons. The fourth-order valence-electron chi connectivity index (χ4n) is 8.37. The lowest BCUT2D eigenvalue weighted by atomic mass is 9.31. The van der Waals surface area contributed by atoms with E-state index in [-0.39, 0.29) is 30.3 Å². The third-order valence-electron chi connectivity index (χ3n) is 10.6. The van der Waals surface area contributed by atoms with Gasteiger partial charge in [0.25, 0.3) is 11.8 Å². The minimum Gasteiger partial charge on any atom is -0.395 e. The zero-order valence-corrected chi connectivity index (χ0v) is 26.8. The number of carbonyl (C=O) groups excluding carboxylic acids is 4. The maximum atomic E-state index is 14.4. The van der Waals surface area contributed by atoms with E-state index >= 15 is 0 Å². The molecule has 0 spiro atoms. The Morgan fingerprint density at radius 1 is 0.565 bits per heavy atom. The standard InChI is InChI=1S/C39H40BNO5/c1-3-5-7-9-11-23(12-10-8-6-4-2)40-36(43)28-17-13-24-26-15-19-30-35-31(39(46)41(21-22-42)38(30)45)20-16-27(33(26)35)25-14-18-29(37(40)44)34(28)32(24)25/h13-20,23,42H,3-12,21-22H2,1-2H3. The van der Waals surface area contributed by atoms with Crippen LogP contribution in [0.5, 0.6) is 0 Å². The second kappa shape index (κ2) is 12.3. The van der Waals surface area contributed by atoms with Crippen LogP contribution in [0.15, 0.2) is 48.5 Å². The lowest BCUT2D eigenvalue weighted by molar-refractivity contribution is 0.0580. The van der Waals surface area contributed by atoms with Gasteiger partial charge in [0.05, 0.1) is 13.2 Å². The van der Waals surface area contributed by atoms with Crippen LogP contribution in [0, 0.1) is 0 Å². The van der Waals surface area contributed by atoms with Gasteiger partial charge in [-0.25, -0.2) is 0 Å². The fraction of sp³-hybridized carbons (Fsp3) is 0.385. The molecule has 7 heteroatoms. The number of fused-ring (bicyclic) bond motifs is 2. The summed E-state index contributed by atoms with van der Waals surface area (Å²) in [7, 11) is 0. The molecule has 6 nitrogen and oxygen atoms in total. The maximum absolute atomic E-state index is 14.4. The highest BCUT2D eigenvalue weighted by Crippen LogP contribution is 2.47. The summed E-state index contributed by atoms with van der Waals surface area (Å²) in [4.78, 5) is 56.6. The molecular weight excluding hydrogens is 573 g/mol. The van der Waals surface area contributed by atoms with E-state index in [1.165, 1.54) is 12.8 Å². The molecule has 0 atom stereocenters. The Kier molecular flexibility index (Phi) is 8.14. The number of β-amino-alcohol motifs (C(OH)–C–C–N with tert-alkyl or cyclic N) is 1.